The molecule has 0 unspecified atom stereocenters. The van der Waals surface area contributed by atoms with Crippen molar-refractivity contribution in [1.82, 2.24) is 0 Å². The normalized spacial score (nSPS) is 12.5. The smallest absolute Gasteiger partial charge is 0.156 e. The van der Waals surface area contributed by atoms with Gasteiger partial charge in [-0.2, -0.15) is 0 Å². The highest BCUT2D eigenvalue weighted by molar-refractivity contribution is 4.39. The molecular weight excluding hydrogens is 142 g/mol. The average molecular weight is 162 g/mol. The minimum Gasteiger partial charge on any atom is -0.368 e. The van der Waals surface area contributed by atoms with Crippen LogP contribution >= 0.6 is 0 Å². The third kappa shape index (κ3) is 4.35. The quantitative estimate of drug-likeness (QED) is 0.447. The van der Waals surface area contributed by atoms with E-state index in [0.29, 0.717) is 6.42 Å². The van der Waals surface area contributed by atoms with Crippen LogP contribution in [0.3, 0.4) is 0 Å². The SMILES string of the molecule is CC[N+](C)(CC)CCC(O)O. The summed E-state index contributed by atoms with van der Waals surface area (Å²) >= 11 is 0. The molecule has 0 spiro atoms. The first-order chi connectivity index (χ1) is 5.04. The summed E-state index contributed by atoms with van der Waals surface area (Å²) < 4.78 is 0.914. The molecule has 3 heteroatoms. The van der Waals surface area contributed by atoms with E-state index in [-0.39, 0.29) is 0 Å². The first-order valence-corrected chi connectivity index (χ1v) is 4.23. The second-order valence-electron chi connectivity index (χ2n) is 3.24. The molecule has 0 amide bonds. The Morgan fingerprint density at radius 2 is 1.64 bits per heavy atom. The number of hydrogen-bond acceptors (Lipinski definition) is 2. The van der Waals surface area contributed by atoms with Gasteiger partial charge in [0.05, 0.1) is 26.7 Å². The Hall–Kier alpha value is -0.120. The van der Waals surface area contributed by atoms with E-state index in [2.05, 4.69) is 20.9 Å². The van der Waals surface area contributed by atoms with Gasteiger partial charge in [-0.3, -0.25) is 0 Å². The molecule has 0 heterocycles. The fraction of sp³-hybridized carbons (Fsp3) is 1.00. The molecule has 0 aliphatic heterocycles. The van der Waals surface area contributed by atoms with Crippen LogP contribution in [0.5, 0.6) is 0 Å². The number of nitrogens with zero attached hydrogens (tertiary/aromatic N) is 1. The van der Waals surface area contributed by atoms with Gasteiger partial charge in [0.2, 0.25) is 0 Å². The maximum atomic E-state index is 8.65. The lowest BCUT2D eigenvalue weighted by Gasteiger charge is -2.32. The maximum Gasteiger partial charge on any atom is 0.156 e. The van der Waals surface area contributed by atoms with Crippen molar-refractivity contribution >= 4 is 0 Å². The minimum absolute atomic E-state index is 0.470. The fourth-order valence-corrected chi connectivity index (χ4v) is 0.967. The summed E-state index contributed by atoms with van der Waals surface area (Å²) in [6, 6.07) is 0. The van der Waals surface area contributed by atoms with E-state index in [4.69, 9.17) is 10.2 Å². The zero-order valence-corrected chi connectivity index (χ0v) is 7.75. The zero-order chi connectivity index (χ0) is 8.91. The molecule has 0 atom stereocenters. The molecule has 68 valence electrons. The highest BCUT2D eigenvalue weighted by Crippen LogP contribution is 2.03. The van der Waals surface area contributed by atoms with Gasteiger partial charge in [-0.05, 0) is 13.8 Å². The molecule has 2 N–H and O–H groups in total. The van der Waals surface area contributed by atoms with Crippen LogP contribution < -0.4 is 0 Å². The van der Waals surface area contributed by atoms with Gasteiger partial charge in [-0.25, -0.2) is 0 Å². The minimum atomic E-state index is -1.15. The average Bonchev–Trinajstić information content (AvgIpc) is 2.00. The molecule has 0 bridgehead atoms. The van der Waals surface area contributed by atoms with Crippen LogP contribution in [0.2, 0.25) is 0 Å². The summed E-state index contributed by atoms with van der Waals surface area (Å²) in [5.41, 5.74) is 0. The van der Waals surface area contributed by atoms with Crippen LogP contribution in [-0.4, -0.2) is 47.7 Å². The Morgan fingerprint density at radius 3 is 1.91 bits per heavy atom. The maximum absolute atomic E-state index is 8.65. The van der Waals surface area contributed by atoms with E-state index in [0.717, 1.165) is 24.1 Å². The Bertz CT molecular complexity index is 100. The molecule has 0 radical (unpaired) electrons. The van der Waals surface area contributed by atoms with Gasteiger partial charge < -0.3 is 14.7 Å². The molecule has 0 aliphatic carbocycles. The first kappa shape index (κ1) is 10.9. The van der Waals surface area contributed by atoms with Crippen molar-refractivity contribution in [3.8, 4) is 0 Å². The van der Waals surface area contributed by atoms with Gasteiger partial charge in [0, 0.05) is 6.42 Å². The van der Waals surface area contributed by atoms with Crippen LogP contribution in [0.1, 0.15) is 20.3 Å². The van der Waals surface area contributed by atoms with Crippen molar-refractivity contribution in [2.75, 3.05) is 26.7 Å². The zero-order valence-electron chi connectivity index (χ0n) is 7.75. The number of rotatable bonds is 5. The fourth-order valence-electron chi connectivity index (χ4n) is 0.967. The molecule has 0 aliphatic rings. The third-order valence-electron chi connectivity index (χ3n) is 2.45. The standard InChI is InChI=1S/C8H20NO2/c1-4-9(3,5-2)7-6-8(10)11/h8,10-11H,4-7H2,1-3H3/q+1. The monoisotopic (exact) mass is 162 g/mol. The highest BCUT2D eigenvalue weighted by atomic mass is 16.5. The second-order valence-corrected chi connectivity index (χ2v) is 3.24. The second kappa shape index (κ2) is 4.70. The topological polar surface area (TPSA) is 40.5 Å². The van der Waals surface area contributed by atoms with E-state index < -0.39 is 6.29 Å². The summed E-state index contributed by atoms with van der Waals surface area (Å²) in [4.78, 5) is 0. The third-order valence-corrected chi connectivity index (χ3v) is 2.45. The lowest BCUT2D eigenvalue weighted by molar-refractivity contribution is -0.906. The number of quaternary nitrogens is 1. The van der Waals surface area contributed by atoms with Crippen LogP contribution in [0.25, 0.3) is 0 Å². The largest absolute Gasteiger partial charge is 0.368 e. The Labute approximate surface area is 68.9 Å². The van der Waals surface area contributed by atoms with Gasteiger partial charge in [-0.15, -0.1) is 0 Å². The Balaban J connectivity index is 3.69. The summed E-state index contributed by atoms with van der Waals surface area (Å²) in [5.74, 6) is 0. The van der Waals surface area contributed by atoms with Gasteiger partial charge in [0.25, 0.3) is 0 Å². The summed E-state index contributed by atoms with van der Waals surface area (Å²) in [5, 5.41) is 17.3. The summed E-state index contributed by atoms with van der Waals surface area (Å²) in [6.07, 6.45) is -0.677. The van der Waals surface area contributed by atoms with Gasteiger partial charge >= 0.3 is 0 Å². The van der Waals surface area contributed by atoms with Gasteiger partial charge in [-0.1, -0.05) is 0 Å². The van der Waals surface area contributed by atoms with E-state index in [9.17, 15) is 0 Å². The molecule has 0 aromatic carbocycles. The van der Waals surface area contributed by atoms with Crippen LogP contribution in [0.15, 0.2) is 0 Å². The van der Waals surface area contributed by atoms with Crippen molar-refractivity contribution in [3.05, 3.63) is 0 Å². The molecule has 0 aromatic heterocycles. The molecule has 0 saturated heterocycles. The molecule has 0 saturated carbocycles. The molecule has 3 nitrogen and oxygen atoms in total. The van der Waals surface area contributed by atoms with E-state index in [1.54, 1.807) is 0 Å². The van der Waals surface area contributed by atoms with Gasteiger partial charge in [0.1, 0.15) is 0 Å². The number of aliphatic hydroxyl groups is 2. The van der Waals surface area contributed by atoms with Crippen molar-refractivity contribution in [1.29, 1.82) is 0 Å². The first-order valence-electron chi connectivity index (χ1n) is 4.23. The van der Waals surface area contributed by atoms with E-state index in [1.165, 1.54) is 0 Å². The molecule has 0 rings (SSSR count). The van der Waals surface area contributed by atoms with Crippen molar-refractivity contribution in [2.24, 2.45) is 0 Å². The number of hydrogen-bond donors (Lipinski definition) is 2. The Kier molecular flexibility index (Phi) is 4.65. The van der Waals surface area contributed by atoms with Crippen molar-refractivity contribution in [2.45, 2.75) is 26.6 Å². The lowest BCUT2D eigenvalue weighted by Crippen LogP contribution is -2.45. The predicted molar refractivity (Wildman–Crippen MR) is 45.0 cm³/mol. The van der Waals surface area contributed by atoms with E-state index in [1.807, 2.05) is 0 Å². The molecule has 0 aromatic rings. The number of aliphatic hydroxyl groups excluding tert-OH is 1. The van der Waals surface area contributed by atoms with Gasteiger partial charge in [0.15, 0.2) is 6.29 Å². The summed E-state index contributed by atoms with van der Waals surface area (Å²) in [6.45, 7) is 7.16. The van der Waals surface area contributed by atoms with E-state index >= 15 is 0 Å². The van der Waals surface area contributed by atoms with Crippen LogP contribution in [0.4, 0.5) is 0 Å². The highest BCUT2D eigenvalue weighted by Gasteiger charge is 2.16. The lowest BCUT2D eigenvalue weighted by atomic mass is 10.3. The predicted octanol–water partition coefficient (Wildman–Crippen LogP) is 0.174. The summed E-state index contributed by atoms with van der Waals surface area (Å²) in [7, 11) is 2.13. The van der Waals surface area contributed by atoms with Crippen molar-refractivity contribution < 1.29 is 14.7 Å². The molecule has 0 fully saturated rings. The molecule has 11 heavy (non-hydrogen) atoms. The Morgan fingerprint density at radius 1 is 1.18 bits per heavy atom. The van der Waals surface area contributed by atoms with Crippen molar-refractivity contribution in [3.63, 3.8) is 0 Å². The molecular formula is C8H20NO2+. The van der Waals surface area contributed by atoms with Crippen LogP contribution in [-0.2, 0) is 0 Å². The van der Waals surface area contributed by atoms with Crippen LogP contribution in [0, 0.1) is 0 Å².